The van der Waals surface area contributed by atoms with Crippen LogP contribution in [0.3, 0.4) is 0 Å². The summed E-state index contributed by atoms with van der Waals surface area (Å²) in [6, 6.07) is 8.07. The maximum atomic E-state index is 12.6. The first kappa shape index (κ1) is 21.0. The minimum Gasteiger partial charge on any atom is -0.309 e. The summed E-state index contributed by atoms with van der Waals surface area (Å²) in [5, 5.41) is 2.98. The Kier molecular flexibility index (Phi) is 7.72. The molecule has 10 heteroatoms. The van der Waals surface area contributed by atoms with Crippen LogP contribution in [0.15, 0.2) is 47.5 Å². The number of rotatable bonds is 8. The van der Waals surface area contributed by atoms with Crippen molar-refractivity contribution in [2.75, 3.05) is 17.3 Å². The van der Waals surface area contributed by atoms with Crippen LogP contribution in [0.4, 0.5) is 5.82 Å². The van der Waals surface area contributed by atoms with Gasteiger partial charge in [0.1, 0.15) is 11.9 Å². The number of nitrogens with one attached hydrogen (secondary N) is 2. The van der Waals surface area contributed by atoms with E-state index in [1.54, 1.807) is 18.2 Å². The van der Waals surface area contributed by atoms with Crippen LogP contribution in [0.25, 0.3) is 0 Å². The summed E-state index contributed by atoms with van der Waals surface area (Å²) in [5.41, 5.74) is 0. The predicted molar refractivity (Wildman–Crippen MR) is 106 cm³/mol. The smallest absolute Gasteiger partial charge is 0.243 e. The number of amides is 1. The maximum Gasteiger partial charge on any atom is 0.243 e. The molecule has 1 aromatic heterocycles. The highest BCUT2D eigenvalue weighted by Gasteiger charge is 2.26. The van der Waals surface area contributed by atoms with Gasteiger partial charge in [-0.25, -0.2) is 13.4 Å². The zero-order chi connectivity index (χ0) is 19.2. The zero-order valence-corrected chi connectivity index (χ0v) is 16.9. The van der Waals surface area contributed by atoms with E-state index in [9.17, 15) is 13.2 Å². The molecule has 0 spiro atoms. The molecule has 2 aromatic rings. The average Bonchev–Trinajstić information content (AvgIpc) is 2.61. The summed E-state index contributed by atoms with van der Waals surface area (Å²) < 4.78 is 27.7. The van der Waals surface area contributed by atoms with Gasteiger partial charge in [0.25, 0.3) is 0 Å². The standard InChI is InChI=1S/C16H17Cl2N3O3S2/c1-25-9-7-14(16(22)20-15-4-2-3-8-19-15)21-26(23,24)11-5-6-12(17)13(18)10-11/h2-6,8,10,14,21H,7,9H2,1H3,(H,19,20,22). The van der Waals surface area contributed by atoms with Crippen LogP contribution >= 0.6 is 35.0 Å². The molecule has 1 unspecified atom stereocenters. The lowest BCUT2D eigenvalue weighted by Gasteiger charge is -2.18. The van der Waals surface area contributed by atoms with E-state index in [0.29, 0.717) is 18.0 Å². The first-order valence-electron chi connectivity index (χ1n) is 7.51. The molecule has 0 saturated heterocycles. The van der Waals surface area contributed by atoms with Crippen molar-refractivity contribution in [2.45, 2.75) is 17.4 Å². The number of sulfonamides is 1. The normalized spacial score (nSPS) is 12.6. The Morgan fingerprint density at radius 1 is 1.23 bits per heavy atom. The summed E-state index contributed by atoms with van der Waals surface area (Å²) in [4.78, 5) is 16.5. The van der Waals surface area contributed by atoms with Crippen molar-refractivity contribution in [1.29, 1.82) is 0 Å². The van der Waals surface area contributed by atoms with Gasteiger partial charge in [0.05, 0.1) is 14.9 Å². The molecular weight excluding hydrogens is 417 g/mol. The highest BCUT2D eigenvalue weighted by Crippen LogP contribution is 2.25. The van der Waals surface area contributed by atoms with Crippen molar-refractivity contribution in [1.82, 2.24) is 9.71 Å². The van der Waals surface area contributed by atoms with Gasteiger partial charge in [-0.3, -0.25) is 4.79 Å². The molecule has 6 nitrogen and oxygen atoms in total. The fraction of sp³-hybridized carbons (Fsp3) is 0.250. The lowest BCUT2D eigenvalue weighted by atomic mass is 10.2. The fourth-order valence-electron chi connectivity index (χ4n) is 2.03. The molecule has 0 aliphatic rings. The molecule has 1 heterocycles. The number of thioether (sulfide) groups is 1. The Balaban J connectivity index is 2.20. The molecule has 1 aromatic carbocycles. The van der Waals surface area contributed by atoms with Crippen LogP contribution in [-0.2, 0) is 14.8 Å². The summed E-state index contributed by atoms with van der Waals surface area (Å²) in [6.07, 6.45) is 3.73. The van der Waals surface area contributed by atoms with Crippen LogP contribution in [0, 0.1) is 0 Å². The van der Waals surface area contributed by atoms with E-state index in [1.165, 1.54) is 36.2 Å². The molecule has 1 atom stereocenters. The third-order valence-corrected chi connectivity index (χ3v) is 6.19. The largest absolute Gasteiger partial charge is 0.309 e. The number of carbonyl (C=O) groups is 1. The molecule has 0 aliphatic heterocycles. The van der Waals surface area contributed by atoms with E-state index in [1.807, 2.05) is 6.26 Å². The molecule has 0 fully saturated rings. The molecule has 26 heavy (non-hydrogen) atoms. The van der Waals surface area contributed by atoms with E-state index < -0.39 is 22.0 Å². The number of hydrogen-bond acceptors (Lipinski definition) is 5. The van der Waals surface area contributed by atoms with Crippen molar-refractivity contribution in [3.63, 3.8) is 0 Å². The van der Waals surface area contributed by atoms with Crippen LogP contribution in [-0.4, -0.2) is 37.4 Å². The first-order chi connectivity index (χ1) is 12.3. The van der Waals surface area contributed by atoms with Gasteiger partial charge in [0, 0.05) is 6.20 Å². The van der Waals surface area contributed by atoms with E-state index in [0.717, 1.165) is 0 Å². The minimum absolute atomic E-state index is 0.0633. The van der Waals surface area contributed by atoms with Gasteiger partial charge in [0.15, 0.2) is 0 Å². The third-order valence-electron chi connectivity index (χ3n) is 3.34. The third kappa shape index (κ3) is 5.85. The Morgan fingerprint density at radius 2 is 2.00 bits per heavy atom. The highest BCUT2D eigenvalue weighted by atomic mass is 35.5. The van der Waals surface area contributed by atoms with Gasteiger partial charge in [-0.2, -0.15) is 16.5 Å². The number of halogens is 2. The lowest BCUT2D eigenvalue weighted by molar-refractivity contribution is -0.117. The Morgan fingerprint density at radius 3 is 2.62 bits per heavy atom. The molecule has 0 saturated carbocycles. The lowest BCUT2D eigenvalue weighted by Crippen LogP contribution is -2.44. The molecule has 0 radical (unpaired) electrons. The SMILES string of the molecule is CSCCC(NS(=O)(=O)c1ccc(Cl)c(Cl)c1)C(=O)Nc1ccccn1. The van der Waals surface area contributed by atoms with E-state index in [-0.39, 0.29) is 14.9 Å². The van der Waals surface area contributed by atoms with Crippen LogP contribution in [0.1, 0.15) is 6.42 Å². The maximum absolute atomic E-state index is 12.6. The molecule has 1 amide bonds. The molecular formula is C16H17Cl2N3O3S2. The van der Waals surface area contributed by atoms with Gasteiger partial charge in [-0.1, -0.05) is 29.3 Å². The van der Waals surface area contributed by atoms with Crippen LogP contribution in [0.2, 0.25) is 10.0 Å². The molecule has 2 rings (SSSR count). The molecule has 0 aliphatic carbocycles. The number of benzene rings is 1. The van der Waals surface area contributed by atoms with Crippen molar-refractivity contribution in [3.05, 3.63) is 52.6 Å². The average molecular weight is 434 g/mol. The number of pyridine rings is 1. The minimum atomic E-state index is -3.95. The van der Waals surface area contributed by atoms with Gasteiger partial charge >= 0.3 is 0 Å². The van der Waals surface area contributed by atoms with Crippen molar-refractivity contribution in [3.8, 4) is 0 Å². The number of nitrogens with zero attached hydrogens (tertiary/aromatic N) is 1. The monoisotopic (exact) mass is 433 g/mol. The molecule has 2 N–H and O–H groups in total. The van der Waals surface area contributed by atoms with Crippen LogP contribution < -0.4 is 10.0 Å². The van der Waals surface area contributed by atoms with Crippen molar-refractivity contribution < 1.29 is 13.2 Å². The number of carbonyl (C=O) groups excluding carboxylic acids is 1. The summed E-state index contributed by atoms with van der Waals surface area (Å²) in [7, 11) is -3.95. The second kappa shape index (κ2) is 9.57. The first-order valence-corrected chi connectivity index (χ1v) is 11.1. The van der Waals surface area contributed by atoms with E-state index in [2.05, 4.69) is 15.0 Å². The number of aromatic nitrogens is 1. The number of hydrogen-bond donors (Lipinski definition) is 2. The second-order valence-corrected chi connectivity index (χ2v) is 8.75. The summed E-state index contributed by atoms with van der Waals surface area (Å²) in [6.45, 7) is 0. The van der Waals surface area contributed by atoms with E-state index in [4.69, 9.17) is 23.2 Å². The molecule has 140 valence electrons. The Bertz CT molecular complexity index is 864. The van der Waals surface area contributed by atoms with Gasteiger partial charge in [-0.05, 0) is 48.8 Å². The molecule has 0 bridgehead atoms. The fourth-order valence-corrected chi connectivity index (χ4v) is 4.12. The number of anilines is 1. The zero-order valence-electron chi connectivity index (χ0n) is 13.8. The highest BCUT2D eigenvalue weighted by molar-refractivity contribution is 7.98. The predicted octanol–water partition coefficient (Wildman–Crippen LogP) is 3.43. The van der Waals surface area contributed by atoms with Gasteiger partial charge in [0.2, 0.25) is 15.9 Å². The van der Waals surface area contributed by atoms with E-state index >= 15 is 0 Å². The second-order valence-electron chi connectivity index (χ2n) is 5.24. The van der Waals surface area contributed by atoms with Gasteiger partial charge in [-0.15, -0.1) is 0 Å². The Hall–Kier alpha value is -1.32. The Labute approximate surface area is 166 Å². The topological polar surface area (TPSA) is 88.2 Å². The van der Waals surface area contributed by atoms with Crippen molar-refractivity contribution >= 4 is 56.7 Å². The van der Waals surface area contributed by atoms with Crippen LogP contribution in [0.5, 0.6) is 0 Å². The summed E-state index contributed by atoms with van der Waals surface area (Å²) >= 11 is 13.2. The van der Waals surface area contributed by atoms with Gasteiger partial charge < -0.3 is 5.32 Å². The summed E-state index contributed by atoms with van der Waals surface area (Å²) in [5.74, 6) is 0.464. The quantitative estimate of drug-likeness (QED) is 0.665. The van der Waals surface area contributed by atoms with Crippen molar-refractivity contribution in [2.24, 2.45) is 0 Å².